The van der Waals surface area contributed by atoms with Gasteiger partial charge in [-0.25, -0.2) is 4.68 Å². The third kappa shape index (κ3) is 2.70. The molecule has 1 rings (SSSR count). The fourth-order valence-corrected chi connectivity index (χ4v) is 0.835. The number of nitrogens with zero attached hydrogens (tertiary/aromatic N) is 2. The molecule has 5 heteroatoms. The van der Waals surface area contributed by atoms with Crippen LogP contribution in [0.15, 0.2) is 23.1 Å². The summed E-state index contributed by atoms with van der Waals surface area (Å²) in [6, 6.07) is 2.86. The van der Waals surface area contributed by atoms with Crippen molar-refractivity contribution < 1.29 is 9.53 Å². The van der Waals surface area contributed by atoms with Gasteiger partial charge in [0, 0.05) is 12.3 Å². The van der Waals surface area contributed by atoms with Crippen LogP contribution < -0.4 is 5.56 Å². The maximum atomic E-state index is 11.1. The summed E-state index contributed by atoms with van der Waals surface area (Å²) < 4.78 is 5.72. The highest BCUT2D eigenvalue weighted by Crippen LogP contribution is 1.82. The molecule has 0 aliphatic rings. The zero-order valence-electron chi connectivity index (χ0n) is 7.27. The fraction of sp³-hybridized carbons (Fsp3) is 0.375. The average molecular weight is 182 g/mol. The molecule has 0 unspecified atom stereocenters. The number of carbonyl (C=O) groups excluding carboxylic acids is 1. The minimum Gasteiger partial charge on any atom is -0.465 e. The van der Waals surface area contributed by atoms with Crippen LogP contribution in [0, 0.1) is 0 Å². The van der Waals surface area contributed by atoms with E-state index in [0.29, 0.717) is 6.61 Å². The summed E-state index contributed by atoms with van der Waals surface area (Å²) in [7, 11) is 0. The number of ether oxygens (including phenoxy) is 1. The molecule has 1 aromatic heterocycles. The van der Waals surface area contributed by atoms with E-state index in [2.05, 4.69) is 9.84 Å². The largest absolute Gasteiger partial charge is 0.465 e. The molecule has 70 valence electrons. The van der Waals surface area contributed by atoms with Gasteiger partial charge in [0.1, 0.15) is 6.54 Å². The van der Waals surface area contributed by atoms with Crippen molar-refractivity contribution in [2.45, 2.75) is 13.5 Å². The van der Waals surface area contributed by atoms with Crippen LogP contribution in [0.4, 0.5) is 0 Å². The summed E-state index contributed by atoms with van der Waals surface area (Å²) in [6.07, 6.45) is 1.45. The fourth-order valence-electron chi connectivity index (χ4n) is 0.835. The van der Waals surface area contributed by atoms with Crippen LogP contribution >= 0.6 is 0 Å². The SMILES string of the molecule is CCOC(=O)Cn1ncccc1=O. The van der Waals surface area contributed by atoms with Crippen molar-refractivity contribution in [1.82, 2.24) is 9.78 Å². The van der Waals surface area contributed by atoms with Gasteiger partial charge in [-0.2, -0.15) is 5.10 Å². The van der Waals surface area contributed by atoms with E-state index in [-0.39, 0.29) is 12.1 Å². The van der Waals surface area contributed by atoms with E-state index in [9.17, 15) is 9.59 Å². The highest BCUT2D eigenvalue weighted by atomic mass is 16.5. The van der Waals surface area contributed by atoms with Crippen molar-refractivity contribution in [3.05, 3.63) is 28.7 Å². The molecular formula is C8H10N2O3. The predicted octanol–water partition coefficient (Wildman–Crippen LogP) is -0.194. The zero-order valence-corrected chi connectivity index (χ0v) is 7.27. The summed E-state index contributed by atoms with van der Waals surface area (Å²) in [4.78, 5) is 22.0. The average Bonchev–Trinajstić information content (AvgIpc) is 2.09. The van der Waals surface area contributed by atoms with Gasteiger partial charge < -0.3 is 4.74 Å². The van der Waals surface area contributed by atoms with Crippen LogP contribution in [0.2, 0.25) is 0 Å². The van der Waals surface area contributed by atoms with E-state index in [0.717, 1.165) is 4.68 Å². The van der Waals surface area contributed by atoms with Crippen LogP contribution in [0.1, 0.15) is 6.92 Å². The molecule has 0 saturated carbocycles. The summed E-state index contributed by atoms with van der Waals surface area (Å²) in [6.45, 7) is 1.88. The molecule has 0 fully saturated rings. The minimum absolute atomic E-state index is 0.131. The lowest BCUT2D eigenvalue weighted by atomic mass is 10.5. The van der Waals surface area contributed by atoms with E-state index in [1.165, 1.54) is 18.3 Å². The van der Waals surface area contributed by atoms with Crippen LogP contribution in [-0.4, -0.2) is 22.4 Å². The summed E-state index contributed by atoms with van der Waals surface area (Å²) >= 11 is 0. The Balaban J connectivity index is 2.69. The molecular weight excluding hydrogens is 172 g/mol. The van der Waals surface area contributed by atoms with Crippen molar-refractivity contribution in [3.63, 3.8) is 0 Å². The van der Waals surface area contributed by atoms with Crippen LogP contribution in [0.5, 0.6) is 0 Å². The van der Waals surface area contributed by atoms with Gasteiger partial charge in [-0.05, 0) is 13.0 Å². The lowest BCUT2D eigenvalue weighted by Crippen LogP contribution is -2.26. The molecule has 0 radical (unpaired) electrons. The Hall–Kier alpha value is -1.65. The standard InChI is InChI=1S/C8H10N2O3/c1-2-13-8(12)6-10-7(11)4-3-5-9-10/h3-5H,2,6H2,1H3. The van der Waals surface area contributed by atoms with Crippen LogP contribution in [-0.2, 0) is 16.1 Å². The van der Waals surface area contributed by atoms with E-state index in [1.54, 1.807) is 6.92 Å². The smallest absolute Gasteiger partial charge is 0.327 e. The molecule has 0 spiro atoms. The molecule has 5 nitrogen and oxygen atoms in total. The third-order valence-electron chi connectivity index (χ3n) is 1.37. The monoisotopic (exact) mass is 182 g/mol. The van der Waals surface area contributed by atoms with Gasteiger partial charge in [-0.3, -0.25) is 9.59 Å². The number of esters is 1. The second-order valence-corrected chi connectivity index (χ2v) is 2.32. The van der Waals surface area contributed by atoms with E-state index in [1.807, 2.05) is 0 Å². The summed E-state index contributed by atoms with van der Waals surface area (Å²) in [5.41, 5.74) is -0.310. The minimum atomic E-state index is -0.455. The second kappa shape index (κ2) is 4.39. The predicted molar refractivity (Wildman–Crippen MR) is 45.1 cm³/mol. The van der Waals surface area contributed by atoms with Crippen LogP contribution in [0.25, 0.3) is 0 Å². The first-order valence-corrected chi connectivity index (χ1v) is 3.92. The molecule has 0 N–H and O–H groups in total. The van der Waals surface area contributed by atoms with Gasteiger partial charge in [-0.1, -0.05) is 0 Å². The lowest BCUT2D eigenvalue weighted by Gasteiger charge is -2.02. The third-order valence-corrected chi connectivity index (χ3v) is 1.37. The molecule has 0 aliphatic carbocycles. The van der Waals surface area contributed by atoms with Crippen molar-refractivity contribution in [3.8, 4) is 0 Å². The van der Waals surface area contributed by atoms with Gasteiger partial charge in [0.2, 0.25) is 0 Å². The molecule has 1 aromatic rings. The van der Waals surface area contributed by atoms with Crippen molar-refractivity contribution in [2.75, 3.05) is 6.61 Å². The van der Waals surface area contributed by atoms with E-state index >= 15 is 0 Å². The highest BCUT2D eigenvalue weighted by molar-refractivity contribution is 5.68. The first-order chi connectivity index (χ1) is 6.24. The van der Waals surface area contributed by atoms with Crippen molar-refractivity contribution >= 4 is 5.97 Å². The Morgan fingerprint density at radius 1 is 1.69 bits per heavy atom. The van der Waals surface area contributed by atoms with Gasteiger partial charge in [0.25, 0.3) is 5.56 Å². The Kier molecular flexibility index (Phi) is 3.19. The van der Waals surface area contributed by atoms with Crippen LogP contribution in [0.3, 0.4) is 0 Å². The van der Waals surface area contributed by atoms with Gasteiger partial charge in [-0.15, -0.1) is 0 Å². The first-order valence-electron chi connectivity index (χ1n) is 3.92. The number of hydrogen-bond acceptors (Lipinski definition) is 4. The van der Waals surface area contributed by atoms with Crippen molar-refractivity contribution in [2.24, 2.45) is 0 Å². The maximum Gasteiger partial charge on any atom is 0.327 e. The second-order valence-electron chi connectivity index (χ2n) is 2.32. The Labute approximate surface area is 74.9 Å². The lowest BCUT2D eigenvalue weighted by molar-refractivity contribution is -0.144. The van der Waals surface area contributed by atoms with Crippen molar-refractivity contribution in [1.29, 1.82) is 0 Å². The summed E-state index contributed by atoms with van der Waals surface area (Å²) in [5, 5.41) is 3.70. The first kappa shape index (κ1) is 9.44. The Bertz CT molecular complexity index is 345. The number of carbonyl (C=O) groups is 1. The summed E-state index contributed by atoms with van der Waals surface area (Å²) in [5.74, 6) is -0.455. The molecule has 0 atom stereocenters. The Morgan fingerprint density at radius 2 is 2.46 bits per heavy atom. The number of aromatic nitrogens is 2. The van der Waals surface area contributed by atoms with Gasteiger partial charge in [0.15, 0.2) is 0 Å². The molecule has 0 saturated heterocycles. The molecule has 13 heavy (non-hydrogen) atoms. The Morgan fingerprint density at radius 3 is 3.08 bits per heavy atom. The molecule has 0 aliphatic heterocycles. The topological polar surface area (TPSA) is 61.2 Å². The van der Waals surface area contributed by atoms with Gasteiger partial charge >= 0.3 is 5.97 Å². The maximum absolute atomic E-state index is 11.1. The zero-order chi connectivity index (χ0) is 9.68. The normalized spacial score (nSPS) is 9.62. The number of hydrogen-bond donors (Lipinski definition) is 0. The highest BCUT2D eigenvalue weighted by Gasteiger charge is 2.04. The molecule has 0 bridgehead atoms. The molecule has 0 aromatic carbocycles. The number of rotatable bonds is 3. The quantitative estimate of drug-likeness (QED) is 0.608. The van der Waals surface area contributed by atoms with Gasteiger partial charge in [0.05, 0.1) is 6.61 Å². The molecule has 0 amide bonds. The molecule has 1 heterocycles. The van der Waals surface area contributed by atoms with E-state index in [4.69, 9.17) is 0 Å². The van der Waals surface area contributed by atoms with E-state index < -0.39 is 5.97 Å².